The summed E-state index contributed by atoms with van der Waals surface area (Å²) in [6.07, 6.45) is 1.55. The average molecular weight is 318 g/mol. The zero-order chi connectivity index (χ0) is 15.4. The van der Waals surface area contributed by atoms with Gasteiger partial charge in [0.2, 0.25) is 0 Å². The highest BCUT2D eigenvalue weighted by Crippen LogP contribution is 2.18. The van der Waals surface area contributed by atoms with Crippen molar-refractivity contribution in [1.82, 2.24) is 10.3 Å². The number of nitrogens with zero attached hydrogens (tertiary/aromatic N) is 2. The number of pyridine rings is 1. The van der Waals surface area contributed by atoms with Gasteiger partial charge in [-0.05, 0) is 24.3 Å². The van der Waals surface area contributed by atoms with E-state index in [4.69, 9.17) is 0 Å². The lowest BCUT2D eigenvalue weighted by molar-refractivity contribution is 0.585. The molecule has 0 saturated carbocycles. The lowest BCUT2D eigenvalue weighted by atomic mass is 10.3. The molecule has 0 atom stereocenters. The largest absolute Gasteiger partial charge is 0.354 e. The summed E-state index contributed by atoms with van der Waals surface area (Å²) in [4.78, 5) is 6.76. The molecule has 0 amide bonds. The number of benzene rings is 1. The van der Waals surface area contributed by atoms with Crippen molar-refractivity contribution in [2.75, 3.05) is 35.8 Å². The second-order valence-electron chi connectivity index (χ2n) is 5.06. The molecular formula is C15H18N4O2S. The zero-order valence-electron chi connectivity index (χ0n) is 12.1. The van der Waals surface area contributed by atoms with Crippen LogP contribution in [0.4, 0.5) is 11.5 Å². The number of anilines is 2. The molecule has 0 aliphatic carbocycles. The Morgan fingerprint density at radius 2 is 1.77 bits per heavy atom. The minimum absolute atomic E-state index is 0.237. The molecule has 0 spiro atoms. The van der Waals surface area contributed by atoms with Crippen molar-refractivity contribution in [2.45, 2.75) is 4.90 Å². The van der Waals surface area contributed by atoms with Crippen LogP contribution in [-0.4, -0.2) is 39.6 Å². The molecule has 3 rings (SSSR count). The average Bonchev–Trinajstić information content (AvgIpc) is 2.57. The summed E-state index contributed by atoms with van der Waals surface area (Å²) in [6.45, 7) is 3.68. The minimum Gasteiger partial charge on any atom is -0.354 e. The van der Waals surface area contributed by atoms with E-state index in [-0.39, 0.29) is 4.90 Å². The number of hydrogen-bond acceptors (Lipinski definition) is 5. The fraction of sp³-hybridized carbons (Fsp3) is 0.267. The fourth-order valence-corrected chi connectivity index (χ4v) is 3.41. The van der Waals surface area contributed by atoms with Crippen LogP contribution in [0.3, 0.4) is 0 Å². The van der Waals surface area contributed by atoms with Gasteiger partial charge in [0, 0.05) is 26.2 Å². The molecular weight excluding hydrogens is 300 g/mol. The van der Waals surface area contributed by atoms with E-state index in [9.17, 15) is 8.42 Å². The molecule has 1 aliphatic rings. The Labute approximate surface area is 130 Å². The van der Waals surface area contributed by atoms with Crippen LogP contribution in [0.15, 0.2) is 53.6 Å². The second kappa shape index (κ2) is 6.33. The van der Waals surface area contributed by atoms with E-state index in [1.54, 1.807) is 42.6 Å². The van der Waals surface area contributed by atoms with Crippen molar-refractivity contribution < 1.29 is 8.42 Å². The van der Waals surface area contributed by atoms with E-state index in [1.165, 1.54) is 0 Å². The molecule has 7 heteroatoms. The Bertz CT molecular complexity index is 711. The van der Waals surface area contributed by atoms with Crippen molar-refractivity contribution in [3.8, 4) is 0 Å². The number of piperazine rings is 1. The smallest absolute Gasteiger partial charge is 0.261 e. The first-order valence-electron chi connectivity index (χ1n) is 7.15. The van der Waals surface area contributed by atoms with Gasteiger partial charge in [-0.25, -0.2) is 13.4 Å². The molecule has 1 aromatic carbocycles. The Kier molecular flexibility index (Phi) is 4.26. The molecule has 1 fully saturated rings. The molecule has 116 valence electrons. The van der Waals surface area contributed by atoms with Crippen molar-refractivity contribution >= 4 is 21.5 Å². The van der Waals surface area contributed by atoms with Crippen LogP contribution in [0, 0.1) is 0 Å². The lowest BCUT2D eigenvalue weighted by Gasteiger charge is -2.28. The van der Waals surface area contributed by atoms with Crippen LogP contribution in [0.2, 0.25) is 0 Å². The number of sulfonamides is 1. The van der Waals surface area contributed by atoms with Crippen LogP contribution in [0.5, 0.6) is 0 Å². The molecule has 1 aliphatic heterocycles. The Balaban J connectivity index is 1.73. The third-order valence-electron chi connectivity index (χ3n) is 3.49. The highest BCUT2D eigenvalue weighted by molar-refractivity contribution is 7.92. The van der Waals surface area contributed by atoms with Gasteiger partial charge in [0.15, 0.2) is 0 Å². The highest BCUT2D eigenvalue weighted by atomic mass is 32.2. The van der Waals surface area contributed by atoms with Crippen molar-refractivity contribution in [2.24, 2.45) is 0 Å². The van der Waals surface area contributed by atoms with Gasteiger partial charge in [-0.3, -0.25) is 4.72 Å². The number of rotatable bonds is 4. The molecule has 2 aromatic rings. The van der Waals surface area contributed by atoms with E-state index in [0.29, 0.717) is 5.69 Å². The van der Waals surface area contributed by atoms with Crippen molar-refractivity contribution in [3.05, 3.63) is 48.7 Å². The maximum atomic E-state index is 12.2. The Hall–Kier alpha value is -2.12. The summed E-state index contributed by atoms with van der Waals surface area (Å²) in [7, 11) is -3.56. The Morgan fingerprint density at radius 1 is 1.05 bits per heavy atom. The molecule has 0 unspecified atom stereocenters. The predicted molar refractivity (Wildman–Crippen MR) is 86.6 cm³/mol. The van der Waals surface area contributed by atoms with Crippen LogP contribution >= 0.6 is 0 Å². The molecule has 6 nitrogen and oxygen atoms in total. The van der Waals surface area contributed by atoms with Gasteiger partial charge < -0.3 is 10.2 Å². The van der Waals surface area contributed by atoms with Gasteiger partial charge >= 0.3 is 0 Å². The SMILES string of the molecule is O=S(=O)(Nc1ccc(N2CCNCC2)nc1)c1ccccc1. The normalized spacial score (nSPS) is 15.5. The van der Waals surface area contributed by atoms with Crippen LogP contribution in [-0.2, 0) is 10.0 Å². The molecule has 2 heterocycles. The van der Waals surface area contributed by atoms with E-state index >= 15 is 0 Å². The molecule has 0 bridgehead atoms. The summed E-state index contributed by atoms with van der Waals surface area (Å²) in [5, 5.41) is 3.28. The number of aromatic nitrogens is 1. The highest BCUT2D eigenvalue weighted by Gasteiger charge is 2.15. The van der Waals surface area contributed by atoms with Crippen molar-refractivity contribution in [1.29, 1.82) is 0 Å². The van der Waals surface area contributed by atoms with Gasteiger partial charge in [0.25, 0.3) is 10.0 Å². The van der Waals surface area contributed by atoms with Crippen molar-refractivity contribution in [3.63, 3.8) is 0 Å². The molecule has 1 saturated heterocycles. The second-order valence-corrected chi connectivity index (χ2v) is 6.74. The number of hydrogen-bond donors (Lipinski definition) is 2. The first kappa shape index (κ1) is 14.8. The van der Waals surface area contributed by atoms with Gasteiger partial charge in [-0.15, -0.1) is 0 Å². The van der Waals surface area contributed by atoms with Gasteiger partial charge in [-0.1, -0.05) is 18.2 Å². The molecule has 0 radical (unpaired) electrons. The first-order valence-corrected chi connectivity index (χ1v) is 8.63. The van der Waals surface area contributed by atoms with Crippen LogP contribution in [0.25, 0.3) is 0 Å². The zero-order valence-corrected chi connectivity index (χ0v) is 12.9. The molecule has 2 N–H and O–H groups in total. The Morgan fingerprint density at radius 3 is 2.41 bits per heavy atom. The van der Waals surface area contributed by atoms with E-state index < -0.39 is 10.0 Å². The first-order chi connectivity index (χ1) is 10.6. The summed E-state index contributed by atoms with van der Waals surface area (Å²) >= 11 is 0. The maximum absolute atomic E-state index is 12.2. The minimum atomic E-state index is -3.56. The predicted octanol–water partition coefficient (Wildman–Crippen LogP) is 1.29. The van der Waals surface area contributed by atoms with E-state index in [2.05, 4.69) is 19.9 Å². The summed E-state index contributed by atoms with van der Waals surface area (Å²) in [6, 6.07) is 11.9. The van der Waals surface area contributed by atoms with Gasteiger partial charge in [0.1, 0.15) is 5.82 Å². The van der Waals surface area contributed by atoms with E-state index in [1.807, 2.05) is 6.07 Å². The topological polar surface area (TPSA) is 74.3 Å². The quantitative estimate of drug-likeness (QED) is 0.889. The lowest BCUT2D eigenvalue weighted by Crippen LogP contribution is -2.43. The monoisotopic (exact) mass is 318 g/mol. The summed E-state index contributed by atoms with van der Waals surface area (Å²) in [5.41, 5.74) is 0.461. The summed E-state index contributed by atoms with van der Waals surface area (Å²) in [5.74, 6) is 0.865. The number of nitrogens with one attached hydrogen (secondary N) is 2. The third kappa shape index (κ3) is 3.37. The van der Waals surface area contributed by atoms with Crippen LogP contribution in [0.1, 0.15) is 0 Å². The van der Waals surface area contributed by atoms with Gasteiger partial charge in [0.05, 0.1) is 16.8 Å². The third-order valence-corrected chi connectivity index (χ3v) is 4.89. The van der Waals surface area contributed by atoms with Crippen LogP contribution < -0.4 is 14.9 Å². The van der Waals surface area contributed by atoms with E-state index in [0.717, 1.165) is 32.0 Å². The summed E-state index contributed by atoms with van der Waals surface area (Å²) < 4.78 is 27.0. The standard InChI is InChI=1S/C15H18N4O2S/c20-22(21,14-4-2-1-3-5-14)18-13-6-7-15(17-12-13)19-10-8-16-9-11-19/h1-7,12,16,18H,8-11H2. The van der Waals surface area contributed by atoms with Gasteiger partial charge in [-0.2, -0.15) is 0 Å². The maximum Gasteiger partial charge on any atom is 0.261 e. The fourth-order valence-electron chi connectivity index (χ4n) is 2.34. The molecule has 1 aromatic heterocycles. The molecule has 22 heavy (non-hydrogen) atoms.